The predicted octanol–water partition coefficient (Wildman–Crippen LogP) is 2.85. The van der Waals surface area contributed by atoms with Crippen LogP contribution in [0, 0.1) is 0 Å². The molecule has 0 radical (unpaired) electrons. The van der Waals surface area contributed by atoms with E-state index in [9.17, 15) is 0 Å². The zero-order valence-electron chi connectivity index (χ0n) is 10.7. The molecule has 1 unspecified atom stereocenters. The number of ether oxygens (including phenoxy) is 2. The number of nitrogens with one attached hydrogen (secondary N) is 1. The SMILES string of the molecule is COC(OC)C(C)(CN)Nc1ccc(Br)c(Cl)c1. The summed E-state index contributed by atoms with van der Waals surface area (Å²) in [7, 11) is 3.16. The van der Waals surface area contributed by atoms with E-state index in [2.05, 4.69) is 21.2 Å². The van der Waals surface area contributed by atoms with Crippen LogP contribution in [0.15, 0.2) is 22.7 Å². The second kappa shape index (κ2) is 6.73. The Kier molecular flexibility index (Phi) is 5.88. The molecule has 0 aliphatic carbocycles. The molecule has 4 nitrogen and oxygen atoms in total. The number of anilines is 1. The number of hydrogen-bond acceptors (Lipinski definition) is 4. The van der Waals surface area contributed by atoms with Crippen LogP contribution < -0.4 is 11.1 Å². The summed E-state index contributed by atoms with van der Waals surface area (Å²) < 4.78 is 11.4. The molecule has 0 aliphatic rings. The summed E-state index contributed by atoms with van der Waals surface area (Å²) in [6.07, 6.45) is -0.454. The summed E-state index contributed by atoms with van der Waals surface area (Å²) >= 11 is 9.40. The quantitative estimate of drug-likeness (QED) is 0.784. The summed E-state index contributed by atoms with van der Waals surface area (Å²) in [6, 6.07) is 5.60. The van der Waals surface area contributed by atoms with Gasteiger partial charge in [0.15, 0.2) is 6.29 Å². The maximum absolute atomic E-state index is 6.05. The zero-order valence-corrected chi connectivity index (χ0v) is 13.0. The second-order valence-corrected chi connectivity index (χ2v) is 5.44. The molecule has 1 aromatic rings. The Balaban J connectivity index is 2.94. The summed E-state index contributed by atoms with van der Waals surface area (Å²) in [5.41, 5.74) is 6.13. The van der Waals surface area contributed by atoms with Gasteiger partial charge in [-0.2, -0.15) is 0 Å². The molecule has 0 spiro atoms. The highest BCUT2D eigenvalue weighted by Crippen LogP contribution is 2.28. The molecule has 0 amide bonds. The molecule has 1 rings (SSSR count). The number of hydrogen-bond donors (Lipinski definition) is 2. The van der Waals surface area contributed by atoms with Gasteiger partial charge in [0, 0.05) is 30.9 Å². The first-order chi connectivity index (χ1) is 8.46. The van der Waals surface area contributed by atoms with E-state index in [0.29, 0.717) is 11.6 Å². The minimum Gasteiger partial charge on any atom is -0.374 e. The molecule has 1 atom stereocenters. The van der Waals surface area contributed by atoms with Gasteiger partial charge in [0.05, 0.1) is 10.6 Å². The number of nitrogens with two attached hydrogens (primary N) is 1. The van der Waals surface area contributed by atoms with Crippen LogP contribution in [0.2, 0.25) is 5.02 Å². The van der Waals surface area contributed by atoms with Crippen molar-refractivity contribution in [2.45, 2.75) is 18.8 Å². The highest BCUT2D eigenvalue weighted by atomic mass is 79.9. The molecule has 0 saturated carbocycles. The van der Waals surface area contributed by atoms with Gasteiger partial charge in [-0.1, -0.05) is 11.6 Å². The molecule has 3 N–H and O–H groups in total. The highest BCUT2D eigenvalue weighted by molar-refractivity contribution is 9.10. The lowest BCUT2D eigenvalue weighted by molar-refractivity contribution is -0.134. The van der Waals surface area contributed by atoms with Crippen LogP contribution in [-0.2, 0) is 9.47 Å². The monoisotopic (exact) mass is 336 g/mol. The lowest BCUT2D eigenvalue weighted by Crippen LogP contribution is -2.54. The predicted molar refractivity (Wildman–Crippen MR) is 78.0 cm³/mol. The Morgan fingerprint density at radius 2 is 2.06 bits per heavy atom. The Hall–Kier alpha value is -0.330. The van der Waals surface area contributed by atoms with Crippen molar-refractivity contribution in [3.8, 4) is 0 Å². The van der Waals surface area contributed by atoms with E-state index in [-0.39, 0.29) is 0 Å². The largest absolute Gasteiger partial charge is 0.374 e. The zero-order chi connectivity index (χ0) is 13.8. The van der Waals surface area contributed by atoms with Gasteiger partial charge in [-0.15, -0.1) is 0 Å². The minimum absolute atomic E-state index is 0.354. The van der Waals surface area contributed by atoms with E-state index >= 15 is 0 Å². The summed E-state index contributed by atoms with van der Waals surface area (Å²) in [4.78, 5) is 0. The second-order valence-electron chi connectivity index (χ2n) is 4.18. The molecular formula is C12H18BrClN2O2. The Morgan fingerprint density at radius 3 is 2.50 bits per heavy atom. The third-order valence-corrected chi connectivity index (χ3v) is 3.95. The van der Waals surface area contributed by atoms with Gasteiger partial charge in [0.25, 0.3) is 0 Å². The molecule has 6 heteroatoms. The van der Waals surface area contributed by atoms with Crippen molar-refractivity contribution >= 4 is 33.2 Å². The maximum Gasteiger partial charge on any atom is 0.180 e. The maximum atomic E-state index is 6.05. The first-order valence-electron chi connectivity index (χ1n) is 5.45. The third-order valence-electron chi connectivity index (χ3n) is 2.72. The van der Waals surface area contributed by atoms with E-state index in [1.807, 2.05) is 25.1 Å². The number of benzene rings is 1. The Labute approximate surface area is 121 Å². The van der Waals surface area contributed by atoms with Gasteiger partial charge in [-0.25, -0.2) is 0 Å². The molecule has 0 aliphatic heterocycles. The fourth-order valence-electron chi connectivity index (χ4n) is 1.73. The van der Waals surface area contributed by atoms with Crippen molar-refractivity contribution in [3.05, 3.63) is 27.7 Å². The van der Waals surface area contributed by atoms with Gasteiger partial charge < -0.3 is 20.5 Å². The first-order valence-corrected chi connectivity index (χ1v) is 6.63. The van der Waals surface area contributed by atoms with Gasteiger partial charge >= 0.3 is 0 Å². The van der Waals surface area contributed by atoms with Crippen molar-refractivity contribution in [1.29, 1.82) is 0 Å². The van der Waals surface area contributed by atoms with Crippen LogP contribution in [0.4, 0.5) is 5.69 Å². The lowest BCUT2D eigenvalue weighted by atomic mass is 10.0. The Bertz CT molecular complexity index is 402. The molecule has 0 fully saturated rings. The summed E-state index contributed by atoms with van der Waals surface area (Å²) in [6.45, 7) is 2.29. The standard InChI is InChI=1S/C12H18BrClN2O2/c1-12(7-15,11(17-2)18-3)16-8-4-5-9(13)10(14)6-8/h4-6,11,16H,7,15H2,1-3H3. The van der Waals surface area contributed by atoms with Crippen LogP contribution >= 0.6 is 27.5 Å². The smallest absolute Gasteiger partial charge is 0.180 e. The van der Waals surface area contributed by atoms with Gasteiger partial charge in [-0.3, -0.25) is 0 Å². The van der Waals surface area contributed by atoms with Crippen LogP contribution in [0.1, 0.15) is 6.92 Å². The first kappa shape index (κ1) is 15.7. The Morgan fingerprint density at radius 1 is 1.44 bits per heavy atom. The normalized spacial score (nSPS) is 14.6. The van der Waals surface area contributed by atoms with Gasteiger partial charge in [-0.05, 0) is 41.1 Å². The highest BCUT2D eigenvalue weighted by Gasteiger charge is 2.33. The molecule has 1 aromatic carbocycles. The fraction of sp³-hybridized carbons (Fsp3) is 0.500. The van der Waals surface area contributed by atoms with E-state index < -0.39 is 11.8 Å². The third kappa shape index (κ3) is 3.59. The van der Waals surface area contributed by atoms with Crippen LogP contribution in [-0.4, -0.2) is 32.6 Å². The fourth-order valence-corrected chi connectivity index (χ4v) is 2.15. The van der Waals surface area contributed by atoms with E-state index in [0.717, 1.165) is 10.2 Å². The van der Waals surface area contributed by atoms with Crippen molar-refractivity contribution in [2.24, 2.45) is 5.73 Å². The van der Waals surface area contributed by atoms with Gasteiger partial charge in [0.1, 0.15) is 0 Å². The van der Waals surface area contributed by atoms with Crippen LogP contribution in [0.3, 0.4) is 0 Å². The van der Waals surface area contributed by atoms with Crippen LogP contribution in [0.25, 0.3) is 0 Å². The lowest BCUT2D eigenvalue weighted by Gasteiger charge is -2.36. The molecule has 0 aromatic heterocycles. The number of rotatable bonds is 6. The molecule has 0 heterocycles. The van der Waals surface area contributed by atoms with E-state index in [4.69, 9.17) is 26.8 Å². The topological polar surface area (TPSA) is 56.5 Å². The van der Waals surface area contributed by atoms with E-state index in [1.165, 1.54) is 0 Å². The van der Waals surface area contributed by atoms with Crippen molar-refractivity contribution in [2.75, 3.05) is 26.1 Å². The van der Waals surface area contributed by atoms with Crippen LogP contribution in [0.5, 0.6) is 0 Å². The molecule has 102 valence electrons. The van der Waals surface area contributed by atoms with Crippen molar-refractivity contribution < 1.29 is 9.47 Å². The number of methoxy groups -OCH3 is 2. The molecular weight excluding hydrogens is 320 g/mol. The average Bonchev–Trinajstić information content (AvgIpc) is 2.35. The minimum atomic E-state index is -0.541. The van der Waals surface area contributed by atoms with Gasteiger partial charge in [0.2, 0.25) is 0 Å². The average molecular weight is 338 g/mol. The summed E-state index contributed by atoms with van der Waals surface area (Å²) in [5, 5.41) is 3.93. The van der Waals surface area contributed by atoms with E-state index in [1.54, 1.807) is 14.2 Å². The summed E-state index contributed by atoms with van der Waals surface area (Å²) in [5.74, 6) is 0. The van der Waals surface area contributed by atoms with Crippen molar-refractivity contribution in [3.63, 3.8) is 0 Å². The molecule has 0 saturated heterocycles. The number of halogens is 2. The molecule has 0 bridgehead atoms. The molecule has 18 heavy (non-hydrogen) atoms. The van der Waals surface area contributed by atoms with Crippen molar-refractivity contribution in [1.82, 2.24) is 0 Å².